The average Bonchev–Trinajstić information content (AvgIpc) is 2.83. The Morgan fingerprint density at radius 2 is 2.00 bits per heavy atom. The lowest BCUT2D eigenvalue weighted by molar-refractivity contribution is -0.123. The standard InChI is InChI=1S/C14H20N2O3/c1-10-12(7-8-19-10)14(18)16-15-13(17)9-11-5-3-2-4-6-11/h7-8,11H,2-6,9H2,1H3,(H,15,17)(H,16,18). The fraction of sp³-hybridized carbons (Fsp3) is 0.571. The van der Waals surface area contributed by atoms with E-state index in [0.717, 1.165) is 12.8 Å². The molecule has 1 aliphatic carbocycles. The van der Waals surface area contributed by atoms with Crippen LogP contribution in [0.15, 0.2) is 16.7 Å². The first kappa shape index (κ1) is 13.6. The molecule has 0 aromatic carbocycles. The first-order chi connectivity index (χ1) is 9.16. The van der Waals surface area contributed by atoms with Gasteiger partial charge in [-0.15, -0.1) is 0 Å². The number of aryl methyl sites for hydroxylation is 1. The molecule has 1 heterocycles. The van der Waals surface area contributed by atoms with Crippen molar-refractivity contribution in [3.63, 3.8) is 0 Å². The van der Waals surface area contributed by atoms with Crippen molar-refractivity contribution < 1.29 is 14.0 Å². The molecule has 5 heteroatoms. The van der Waals surface area contributed by atoms with E-state index in [2.05, 4.69) is 10.9 Å². The quantitative estimate of drug-likeness (QED) is 0.823. The highest BCUT2D eigenvalue weighted by molar-refractivity contribution is 5.96. The lowest BCUT2D eigenvalue weighted by Gasteiger charge is -2.20. The van der Waals surface area contributed by atoms with E-state index in [1.807, 2.05) is 0 Å². The second-order valence-electron chi connectivity index (χ2n) is 5.10. The molecule has 0 unspecified atom stereocenters. The highest BCUT2D eigenvalue weighted by Gasteiger charge is 2.18. The van der Waals surface area contributed by atoms with Crippen molar-refractivity contribution >= 4 is 11.8 Å². The number of furan rings is 1. The summed E-state index contributed by atoms with van der Waals surface area (Å²) in [5, 5.41) is 0. The zero-order valence-electron chi connectivity index (χ0n) is 11.2. The Balaban J connectivity index is 1.74. The summed E-state index contributed by atoms with van der Waals surface area (Å²) in [6, 6.07) is 1.58. The van der Waals surface area contributed by atoms with Gasteiger partial charge in [-0.05, 0) is 31.7 Å². The summed E-state index contributed by atoms with van der Waals surface area (Å²) < 4.78 is 5.04. The van der Waals surface area contributed by atoms with Gasteiger partial charge in [0.15, 0.2) is 0 Å². The molecule has 1 aliphatic rings. The van der Waals surface area contributed by atoms with Crippen LogP contribution in [0.5, 0.6) is 0 Å². The van der Waals surface area contributed by atoms with E-state index in [-0.39, 0.29) is 11.8 Å². The van der Waals surface area contributed by atoms with Gasteiger partial charge in [-0.2, -0.15) is 0 Å². The number of hydrazine groups is 1. The van der Waals surface area contributed by atoms with Gasteiger partial charge in [0.2, 0.25) is 5.91 Å². The normalized spacial score (nSPS) is 16.1. The largest absolute Gasteiger partial charge is 0.469 e. The van der Waals surface area contributed by atoms with Gasteiger partial charge in [-0.1, -0.05) is 19.3 Å². The third-order valence-electron chi connectivity index (χ3n) is 3.62. The summed E-state index contributed by atoms with van der Waals surface area (Å²) in [6.45, 7) is 1.71. The van der Waals surface area contributed by atoms with Crippen molar-refractivity contribution in [2.75, 3.05) is 0 Å². The van der Waals surface area contributed by atoms with Crippen LogP contribution >= 0.6 is 0 Å². The van der Waals surface area contributed by atoms with Crippen LogP contribution in [0.25, 0.3) is 0 Å². The molecule has 2 N–H and O–H groups in total. The first-order valence-corrected chi connectivity index (χ1v) is 6.80. The zero-order valence-corrected chi connectivity index (χ0v) is 11.2. The maximum absolute atomic E-state index is 11.7. The van der Waals surface area contributed by atoms with Gasteiger partial charge in [-0.25, -0.2) is 0 Å². The second kappa shape index (κ2) is 6.41. The van der Waals surface area contributed by atoms with Gasteiger partial charge in [0.05, 0.1) is 11.8 Å². The minimum absolute atomic E-state index is 0.124. The number of hydrogen-bond donors (Lipinski definition) is 2. The molecule has 0 saturated heterocycles. The van der Waals surface area contributed by atoms with Gasteiger partial charge < -0.3 is 4.42 Å². The highest BCUT2D eigenvalue weighted by atomic mass is 16.3. The van der Waals surface area contributed by atoms with Crippen LogP contribution in [0.3, 0.4) is 0 Å². The Hall–Kier alpha value is -1.78. The molecule has 1 aromatic rings. The summed E-state index contributed by atoms with van der Waals surface area (Å²) >= 11 is 0. The number of hydrogen-bond acceptors (Lipinski definition) is 3. The van der Waals surface area contributed by atoms with Crippen molar-refractivity contribution in [3.05, 3.63) is 23.7 Å². The molecule has 2 amide bonds. The van der Waals surface area contributed by atoms with E-state index in [4.69, 9.17) is 4.42 Å². The lowest BCUT2D eigenvalue weighted by atomic mass is 9.87. The SMILES string of the molecule is Cc1occc1C(=O)NNC(=O)CC1CCCCC1. The summed E-state index contributed by atoms with van der Waals surface area (Å²) in [6.07, 6.45) is 7.86. The molecule has 0 atom stereocenters. The Morgan fingerprint density at radius 1 is 1.26 bits per heavy atom. The fourth-order valence-electron chi connectivity index (χ4n) is 2.52. The van der Waals surface area contributed by atoms with E-state index in [9.17, 15) is 9.59 Å². The Kier molecular flexibility index (Phi) is 4.60. The Bertz CT molecular complexity index is 447. The molecule has 0 bridgehead atoms. The van der Waals surface area contributed by atoms with Crippen molar-refractivity contribution in [2.45, 2.75) is 45.4 Å². The van der Waals surface area contributed by atoms with Gasteiger partial charge >= 0.3 is 0 Å². The van der Waals surface area contributed by atoms with Crippen LogP contribution in [-0.4, -0.2) is 11.8 Å². The third-order valence-corrected chi connectivity index (χ3v) is 3.62. The maximum Gasteiger partial charge on any atom is 0.273 e. The van der Waals surface area contributed by atoms with E-state index in [1.54, 1.807) is 13.0 Å². The Labute approximate surface area is 112 Å². The molecule has 0 spiro atoms. The first-order valence-electron chi connectivity index (χ1n) is 6.80. The molecule has 0 aliphatic heterocycles. The zero-order chi connectivity index (χ0) is 13.7. The van der Waals surface area contributed by atoms with Crippen molar-refractivity contribution in [2.24, 2.45) is 5.92 Å². The van der Waals surface area contributed by atoms with Crippen molar-refractivity contribution in [3.8, 4) is 0 Å². The lowest BCUT2D eigenvalue weighted by Crippen LogP contribution is -2.42. The number of carbonyl (C=O) groups excluding carboxylic acids is 2. The topological polar surface area (TPSA) is 71.3 Å². The van der Waals surface area contributed by atoms with Gasteiger partial charge in [0.25, 0.3) is 5.91 Å². The number of rotatable bonds is 3. The average molecular weight is 264 g/mol. The summed E-state index contributed by atoms with van der Waals surface area (Å²) in [4.78, 5) is 23.5. The third kappa shape index (κ3) is 3.84. The molecule has 1 saturated carbocycles. The molecular formula is C14H20N2O3. The predicted molar refractivity (Wildman–Crippen MR) is 70.2 cm³/mol. The number of nitrogens with one attached hydrogen (secondary N) is 2. The van der Waals surface area contributed by atoms with Gasteiger partial charge in [0.1, 0.15) is 5.76 Å². The maximum atomic E-state index is 11.7. The van der Waals surface area contributed by atoms with Crippen LogP contribution in [0.1, 0.15) is 54.6 Å². The van der Waals surface area contributed by atoms with Crippen LogP contribution in [0.4, 0.5) is 0 Å². The fourth-order valence-corrected chi connectivity index (χ4v) is 2.52. The highest BCUT2D eigenvalue weighted by Crippen LogP contribution is 2.25. The molecule has 104 valence electrons. The minimum Gasteiger partial charge on any atom is -0.469 e. The summed E-state index contributed by atoms with van der Waals surface area (Å²) in [7, 11) is 0. The molecule has 1 fully saturated rings. The Morgan fingerprint density at radius 3 is 2.63 bits per heavy atom. The number of amides is 2. The van der Waals surface area contributed by atoms with Crippen LogP contribution in [-0.2, 0) is 4.79 Å². The molecule has 5 nitrogen and oxygen atoms in total. The number of carbonyl (C=O) groups is 2. The van der Waals surface area contributed by atoms with Crippen LogP contribution < -0.4 is 10.9 Å². The van der Waals surface area contributed by atoms with E-state index in [0.29, 0.717) is 23.7 Å². The molecule has 2 rings (SSSR count). The van der Waals surface area contributed by atoms with E-state index >= 15 is 0 Å². The predicted octanol–water partition coefficient (Wildman–Crippen LogP) is 2.32. The van der Waals surface area contributed by atoms with E-state index < -0.39 is 0 Å². The van der Waals surface area contributed by atoms with E-state index in [1.165, 1.54) is 25.5 Å². The smallest absolute Gasteiger partial charge is 0.273 e. The minimum atomic E-state index is -0.344. The molecule has 1 aromatic heterocycles. The second-order valence-corrected chi connectivity index (χ2v) is 5.10. The monoisotopic (exact) mass is 264 g/mol. The van der Waals surface area contributed by atoms with Crippen LogP contribution in [0.2, 0.25) is 0 Å². The molecular weight excluding hydrogens is 244 g/mol. The van der Waals surface area contributed by atoms with Gasteiger partial charge in [0, 0.05) is 6.42 Å². The summed E-state index contributed by atoms with van der Waals surface area (Å²) in [5.74, 6) is 0.532. The van der Waals surface area contributed by atoms with Crippen LogP contribution in [0, 0.1) is 12.8 Å². The molecule has 0 radical (unpaired) electrons. The molecule has 19 heavy (non-hydrogen) atoms. The summed E-state index contributed by atoms with van der Waals surface area (Å²) in [5.41, 5.74) is 5.32. The van der Waals surface area contributed by atoms with Gasteiger partial charge in [-0.3, -0.25) is 20.4 Å². The van der Waals surface area contributed by atoms with Crippen molar-refractivity contribution in [1.82, 2.24) is 10.9 Å². The van der Waals surface area contributed by atoms with Crippen molar-refractivity contribution in [1.29, 1.82) is 0 Å².